The first-order valence-corrected chi connectivity index (χ1v) is 9.14. The number of pyridine rings is 1. The van der Waals surface area contributed by atoms with Gasteiger partial charge < -0.3 is 19.6 Å². The molecule has 0 aromatic carbocycles. The van der Waals surface area contributed by atoms with Crippen LogP contribution in [-0.2, 0) is 24.8 Å². The van der Waals surface area contributed by atoms with Crippen LogP contribution in [0.25, 0.3) is 22.8 Å². The molecule has 3 aromatic rings. The lowest BCUT2D eigenvalue weighted by atomic mass is 10.0. The Morgan fingerprint density at radius 1 is 1.33 bits per heavy atom. The number of aromatic amines is 1. The molecular weight excluding hydrogens is 348 g/mol. The van der Waals surface area contributed by atoms with Gasteiger partial charge in [0.15, 0.2) is 0 Å². The Labute approximate surface area is 154 Å². The fourth-order valence-electron chi connectivity index (χ4n) is 3.74. The maximum absolute atomic E-state index is 12.5. The van der Waals surface area contributed by atoms with Gasteiger partial charge in [-0.05, 0) is 24.5 Å². The van der Waals surface area contributed by atoms with E-state index in [4.69, 9.17) is 9.26 Å². The molecule has 0 amide bonds. The molecule has 5 heterocycles. The van der Waals surface area contributed by atoms with Gasteiger partial charge >= 0.3 is 0 Å². The van der Waals surface area contributed by atoms with Gasteiger partial charge in [-0.2, -0.15) is 10.1 Å². The molecule has 0 saturated carbocycles. The molecule has 140 valence electrons. The van der Waals surface area contributed by atoms with Crippen molar-refractivity contribution in [1.82, 2.24) is 30.2 Å². The predicted octanol–water partition coefficient (Wildman–Crippen LogP) is 1.32. The van der Waals surface area contributed by atoms with E-state index in [-0.39, 0.29) is 17.5 Å². The lowest BCUT2D eigenvalue weighted by Crippen LogP contribution is -2.27. The van der Waals surface area contributed by atoms with E-state index in [1.807, 2.05) is 19.3 Å². The Kier molecular flexibility index (Phi) is 3.91. The summed E-state index contributed by atoms with van der Waals surface area (Å²) in [5.74, 6) is 0.626. The first kappa shape index (κ1) is 16.4. The summed E-state index contributed by atoms with van der Waals surface area (Å²) in [6.45, 7) is 2.31. The van der Waals surface area contributed by atoms with Gasteiger partial charge in [-0.15, -0.1) is 0 Å². The molecule has 1 atom stereocenters. The summed E-state index contributed by atoms with van der Waals surface area (Å²) in [6, 6.07) is 1.85. The fourth-order valence-corrected chi connectivity index (χ4v) is 3.74. The van der Waals surface area contributed by atoms with E-state index in [2.05, 4.69) is 25.5 Å². The summed E-state index contributed by atoms with van der Waals surface area (Å²) in [4.78, 5) is 19.9. The summed E-state index contributed by atoms with van der Waals surface area (Å²) in [5.41, 5.74) is 3.79. The highest BCUT2D eigenvalue weighted by Crippen LogP contribution is 2.34. The van der Waals surface area contributed by atoms with Crippen molar-refractivity contribution in [3.05, 3.63) is 39.6 Å². The molecule has 0 spiro atoms. The van der Waals surface area contributed by atoms with Gasteiger partial charge in [0.2, 0.25) is 5.82 Å². The minimum atomic E-state index is -0.200. The van der Waals surface area contributed by atoms with E-state index in [1.165, 1.54) is 0 Å². The zero-order chi connectivity index (χ0) is 18.4. The molecule has 0 aliphatic carbocycles. The van der Waals surface area contributed by atoms with Crippen molar-refractivity contribution in [2.24, 2.45) is 7.05 Å². The SMILES string of the molecule is Cn1cc(-c2nc(-c3cc4c([nH]c3=O)CCNC4)no2)c(C2CCCO2)n1. The van der Waals surface area contributed by atoms with Gasteiger partial charge in [-0.25, -0.2) is 0 Å². The molecule has 0 bridgehead atoms. The quantitative estimate of drug-likeness (QED) is 0.717. The topological polar surface area (TPSA) is 111 Å². The molecule has 2 aliphatic heterocycles. The van der Waals surface area contributed by atoms with Crippen LogP contribution in [0.3, 0.4) is 0 Å². The second kappa shape index (κ2) is 6.43. The lowest BCUT2D eigenvalue weighted by molar-refractivity contribution is 0.108. The van der Waals surface area contributed by atoms with E-state index >= 15 is 0 Å². The molecule has 3 aromatic heterocycles. The van der Waals surface area contributed by atoms with Crippen LogP contribution in [0.4, 0.5) is 0 Å². The Hall–Kier alpha value is -2.78. The molecule has 2 N–H and O–H groups in total. The average molecular weight is 368 g/mol. The summed E-state index contributed by atoms with van der Waals surface area (Å²) < 4.78 is 13.0. The van der Waals surface area contributed by atoms with Gasteiger partial charge in [0.05, 0.1) is 11.1 Å². The molecule has 2 aliphatic rings. The normalized spacial score (nSPS) is 19.4. The van der Waals surface area contributed by atoms with Gasteiger partial charge in [0.1, 0.15) is 11.8 Å². The Bertz CT molecular complexity index is 1040. The molecule has 5 rings (SSSR count). The van der Waals surface area contributed by atoms with Gasteiger partial charge in [0.25, 0.3) is 11.4 Å². The average Bonchev–Trinajstić information content (AvgIpc) is 3.41. The summed E-state index contributed by atoms with van der Waals surface area (Å²) in [5, 5.41) is 11.9. The van der Waals surface area contributed by atoms with E-state index in [0.29, 0.717) is 11.5 Å². The monoisotopic (exact) mass is 368 g/mol. The molecule has 0 radical (unpaired) electrons. The Morgan fingerprint density at radius 3 is 3.11 bits per heavy atom. The number of aryl methyl sites for hydroxylation is 1. The summed E-state index contributed by atoms with van der Waals surface area (Å²) in [6.07, 6.45) is 4.52. The van der Waals surface area contributed by atoms with Crippen molar-refractivity contribution >= 4 is 0 Å². The number of H-pyrrole nitrogens is 1. The van der Waals surface area contributed by atoms with Crippen LogP contribution < -0.4 is 10.9 Å². The standard InChI is InChI=1S/C18H20N6O3/c1-24-9-12(15(22-24)14-3-2-6-26-14)18-21-16(23-27-18)11-7-10-8-19-5-4-13(10)20-17(11)25/h7,9,14,19H,2-6,8H2,1H3,(H,20,25). The van der Waals surface area contributed by atoms with Crippen LogP contribution in [0.2, 0.25) is 0 Å². The third-order valence-corrected chi connectivity index (χ3v) is 5.07. The molecule has 27 heavy (non-hydrogen) atoms. The van der Waals surface area contributed by atoms with Crippen molar-refractivity contribution in [3.8, 4) is 22.8 Å². The Morgan fingerprint density at radius 2 is 2.26 bits per heavy atom. The largest absolute Gasteiger partial charge is 0.372 e. The van der Waals surface area contributed by atoms with Crippen LogP contribution in [-0.4, -0.2) is 38.1 Å². The van der Waals surface area contributed by atoms with E-state index in [1.54, 1.807) is 4.68 Å². The number of fused-ring (bicyclic) bond motifs is 1. The third-order valence-electron chi connectivity index (χ3n) is 5.07. The first-order chi connectivity index (χ1) is 13.2. The first-order valence-electron chi connectivity index (χ1n) is 9.14. The summed E-state index contributed by atoms with van der Waals surface area (Å²) >= 11 is 0. The van der Waals surface area contributed by atoms with Gasteiger partial charge in [-0.3, -0.25) is 9.48 Å². The molecular formula is C18H20N6O3. The van der Waals surface area contributed by atoms with E-state index in [9.17, 15) is 4.79 Å². The van der Waals surface area contributed by atoms with Crippen molar-refractivity contribution in [3.63, 3.8) is 0 Å². The number of ether oxygens (including phenoxy) is 1. The van der Waals surface area contributed by atoms with Crippen LogP contribution in [0.15, 0.2) is 21.6 Å². The lowest BCUT2D eigenvalue weighted by Gasteiger charge is -2.16. The number of nitrogens with one attached hydrogen (secondary N) is 2. The number of rotatable bonds is 3. The van der Waals surface area contributed by atoms with E-state index in [0.717, 1.165) is 61.5 Å². The van der Waals surface area contributed by atoms with E-state index < -0.39 is 0 Å². The zero-order valence-corrected chi connectivity index (χ0v) is 15.0. The minimum Gasteiger partial charge on any atom is -0.372 e. The zero-order valence-electron chi connectivity index (χ0n) is 15.0. The second-order valence-electron chi connectivity index (χ2n) is 6.97. The van der Waals surface area contributed by atoms with Crippen LogP contribution in [0.1, 0.15) is 35.9 Å². The van der Waals surface area contributed by atoms with Crippen LogP contribution in [0.5, 0.6) is 0 Å². The van der Waals surface area contributed by atoms with Crippen LogP contribution >= 0.6 is 0 Å². The minimum absolute atomic E-state index is 0.0604. The number of nitrogens with zero attached hydrogens (tertiary/aromatic N) is 4. The highest BCUT2D eigenvalue weighted by Gasteiger charge is 2.27. The predicted molar refractivity (Wildman–Crippen MR) is 95.9 cm³/mol. The molecule has 1 unspecified atom stereocenters. The number of hydrogen-bond donors (Lipinski definition) is 2. The second-order valence-corrected chi connectivity index (χ2v) is 6.97. The Balaban J connectivity index is 1.54. The van der Waals surface area contributed by atoms with Gasteiger partial charge in [-0.1, -0.05) is 5.16 Å². The smallest absolute Gasteiger partial charge is 0.261 e. The van der Waals surface area contributed by atoms with Crippen molar-refractivity contribution in [2.45, 2.75) is 31.9 Å². The highest BCUT2D eigenvalue weighted by molar-refractivity contribution is 5.61. The molecule has 9 nitrogen and oxygen atoms in total. The fraction of sp³-hybridized carbons (Fsp3) is 0.444. The number of hydrogen-bond acceptors (Lipinski definition) is 7. The van der Waals surface area contributed by atoms with Crippen molar-refractivity contribution in [2.75, 3.05) is 13.2 Å². The summed E-state index contributed by atoms with van der Waals surface area (Å²) in [7, 11) is 1.85. The molecule has 9 heteroatoms. The maximum Gasteiger partial charge on any atom is 0.261 e. The molecule has 1 fully saturated rings. The molecule has 1 saturated heterocycles. The van der Waals surface area contributed by atoms with Crippen LogP contribution in [0, 0.1) is 0 Å². The van der Waals surface area contributed by atoms with Gasteiger partial charge in [0, 0.05) is 45.1 Å². The van der Waals surface area contributed by atoms with Crippen molar-refractivity contribution in [1.29, 1.82) is 0 Å². The highest BCUT2D eigenvalue weighted by atomic mass is 16.5. The number of aromatic nitrogens is 5. The third kappa shape index (κ3) is 2.88. The maximum atomic E-state index is 12.5. The van der Waals surface area contributed by atoms with Crippen molar-refractivity contribution < 1.29 is 9.26 Å².